The van der Waals surface area contributed by atoms with Crippen LogP contribution in [0.3, 0.4) is 0 Å². The van der Waals surface area contributed by atoms with Crippen molar-refractivity contribution in [3.05, 3.63) is 29.6 Å². The first-order valence-electron chi connectivity index (χ1n) is 5.14. The molecule has 1 amide bonds. The van der Waals surface area contributed by atoms with Crippen LogP contribution in [0.2, 0.25) is 0 Å². The van der Waals surface area contributed by atoms with Gasteiger partial charge in [0.15, 0.2) is 0 Å². The van der Waals surface area contributed by atoms with E-state index in [4.69, 9.17) is 10.5 Å². The summed E-state index contributed by atoms with van der Waals surface area (Å²) in [6.07, 6.45) is 0.0131. The quantitative estimate of drug-likeness (QED) is 0.762. The van der Waals surface area contributed by atoms with E-state index in [9.17, 15) is 9.18 Å². The SMILES string of the molecule is NC(=O)O[C@@H]1CCc2c(F)cccc2NC1. The largest absolute Gasteiger partial charge is 0.445 e. The summed E-state index contributed by atoms with van der Waals surface area (Å²) in [4.78, 5) is 10.6. The van der Waals surface area contributed by atoms with Gasteiger partial charge in [-0.2, -0.15) is 0 Å². The van der Waals surface area contributed by atoms with Crippen LogP contribution in [0.4, 0.5) is 14.9 Å². The van der Waals surface area contributed by atoms with Crippen LogP contribution in [-0.2, 0) is 11.2 Å². The van der Waals surface area contributed by atoms with Gasteiger partial charge in [0.1, 0.15) is 11.9 Å². The van der Waals surface area contributed by atoms with Crippen LogP contribution in [0.5, 0.6) is 0 Å². The van der Waals surface area contributed by atoms with E-state index in [0.717, 1.165) is 5.69 Å². The molecular formula is C11H13FN2O2. The third kappa shape index (κ3) is 2.24. The number of nitrogens with one attached hydrogen (secondary N) is 1. The first-order chi connectivity index (χ1) is 7.66. The van der Waals surface area contributed by atoms with Gasteiger partial charge in [-0.1, -0.05) is 6.07 Å². The lowest BCUT2D eigenvalue weighted by Crippen LogP contribution is -2.28. The monoisotopic (exact) mass is 224 g/mol. The van der Waals surface area contributed by atoms with Crippen molar-refractivity contribution in [2.45, 2.75) is 18.9 Å². The molecule has 0 fully saturated rings. The van der Waals surface area contributed by atoms with Crippen LogP contribution in [0.15, 0.2) is 18.2 Å². The van der Waals surface area contributed by atoms with Crippen molar-refractivity contribution < 1.29 is 13.9 Å². The number of ether oxygens (including phenoxy) is 1. The van der Waals surface area contributed by atoms with E-state index < -0.39 is 6.09 Å². The summed E-state index contributed by atoms with van der Waals surface area (Å²) < 4.78 is 18.4. The van der Waals surface area contributed by atoms with Crippen molar-refractivity contribution in [1.82, 2.24) is 0 Å². The lowest BCUT2D eigenvalue weighted by molar-refractivity contribution is 0.109. The predicted octanol–water partition coefficient (Wildman–Crippen LogP) is 1.65. The van der Waals surface area contributed by atoms with E-state index in [1.54, 1.807) is 6.07 Å². The molecule has 0 aromatic heterocycles. The number of hydrogen-bond acceptors (Lipinski definition) is 3. The van der Waals surface area contributed by atoms with Gasteiger partial charge >= 0.3 is 6.09 Å². The number of hydrogen-bond donors (Lipinski definition) is 2. The minimum absolute atomic E-state index is 0.232. The normalized spacial score (nSPS) is 19.2. The molecule has 0 saturated heterocycles. The second-order valence-electron chi connectivity index (χ2n) is 3.74. The van der Waals surface area contributed by atoms with E-state index in [0.29, 0.717) is 24.9 Å². The average molecular weight is 224 g/mol. The van der Waals surface area contributed by atoms with Gasteiger partial charge in [0.2, 0.25) is 0 Å². The average Bonchev–Trinajstić information content (AvgIpc) is 2.42. The topological polar surface area (TPSA) is 64.4 Å². The van der Waals surface area contributed by atoms with Crippen LogP contribution in [-0.4, -0.2) is 18.7 Å². The highest BCUT2D eigenvalue weighted by Crippen LogP contribution is 2.24. The van der Waals surface area contributed by atoms with Crippen LogP contribution in [0.25, 0.3) is 0 Å². The number of nitrogens with two attached hydrogens (primary N) is 1. The Hall–Kier alpha value is -1.78. The van der Waals surface area contributed by atoms with Crippen molar-refractivity contribution >= 4 is 11.8 Å². The van der Waals surface area contributed by atoms with Gasteiger partial charge in [-0.25, -0.2) is 9.18 Å². The standard InChI is InChI=1S/C11H13FN2O2/c12-9-2-1-3-10-8(9)5-4-7(6-14-10)16-11(13)15/h1-3,7,14H,4-6H2,(H2,13,15)/t7-/m1/s1. The molecule has 0 aliphatic carbocycles. The number of rotatable bonds is 1. The fourth-order valence-electron chi connectivity index (χ4n) is 1.87. The molecular weight excluding hydrogens is 211 g/mol. The molecule has 1 atom stereocenters. The smallest absolute Gasteiger partial charge is 0.404 e. The fraction of sp³-hybridized carbons (Fsp3) is 0.364. The van der Waals surface area contributed by atoms with E-state index in [1.807, 2.05) is 6.07 Å². The minimum Gasteiger partial charge on any atom is -0.445 e. The Labute approximate surface area is 92.6 Å². The molecule has 0 radical (unpaired) electrons. The van der Waals surface area contributed by atoms with Gasteiger partial charge in [0.25, 0.3) is 0 Å². The molecule has 4 nitrogen and oxygen atoms in total. The lowest BCUT2D eigenvalue weighted by atomic mass is 10.1. The van der Waals surface area contributed by atoms with Gasteiger partial charge in [-0.3, -0.25) is 0 Å². The van der Waals surface area contributed by atoms with E-state index in [2.05, 4.69) is 5.32 Å². The Morgan fingerprint density at radius 1 is 1.56 bits per heavy atom. The summed E-state index contributed by atoms with van der Waals surface area (Å²) in [6, 6.07) is 4.89. The molecule has 1 heterocycles. The molecule has 0 unspecified atom stereocenters. The van der Waals surface area contributed by atoms with Gasteiger partial charge in [-0.05, 0) is 25.0 Å². The Bertz CT molecular complexity index is 409. The Kier molecular flexibility index (Phi) is 2.94. The van der Waals surface area contributed by atoms with Crippen LogP contribution in [0.1, 0.15) is 12.0 Å². The Morgan fingerprint density at radius 2 is 2.38 bits per heavy atom. The van der Waals surface area contributed by atoms with Gasteiger partial charge in [0.05, 0.1) is 6.54 Å². The second-order valence-corrected chi connectivity index (χ2v) is 3.74. The van der Waals surface area contributed by atoms with Crippen molar-refractivity contribution in [2.75, 3.05) is 11.9 Å². The summed E-state index contributed by atoms with van der Waals surface area (Å²) in [5.74, 6) is -0.232. The third-order valence-corrected chi connectivity index (χ3v) is 2.64. The summed E-state index contributed by atoms with van der Waals surface area (Å²) >= 11 is 0. The van der Waals surface area contributed by atoms with Crippen molar-refractivity contribution in [2.24, 2.45) is 5.73 Å². The molecule has 0 bridgehead atoms. The number of carbonyl (C=O) groups is 1. The number of fused-ring (bicyclic) bond motifs is 1. The third-order valence-electron chi connectivity index (χ3n) is 2.64. The molecule has 16 heavy (non-hydrogen) atoms. The Balaban J connectivity index is 2.13. The number of amides is 1. The predicted molar refractivity (Wildman–Crippen MR) is 57.7 cm³/mol. The van der Waals surface area contributed by atoms with Gasteiger partial charge in [-0.15, -0.1) is 0 Å². The summed E-state index contributed by atoms with van der Waals surface area (Å²) in [6.45, 7) is 0.458. The second kappa shape index (κ2) is 4.38. The summed E-state index contributed by atoms with van der Waals surface area (Å²) in [5, 5.41) is 3.05. The molecule has 1 aliphatic rings. The maximum absolute atomic E-state index is 13.5. The number of primary amides is 1. The molecule has 0 spiro atoms. The highest BCUT2D eigenvalue weighted by molar-refractivity contribution is 5.65. The minimum atomic E-state index is -0.793. The van der Waals surface area contributed by atoms with E-state index in [-0.39, 0.29) is 11.9 Å². The molecule has 86 valence electrons. The van der Waals surface area contributed by atoms with Crippen molar-refractivity contribution in [3.63, 3.8) is 0 Å². The van der Waals surface area contributed by atoms with Crippen LogP contribution in [0, 0.1) is 5.82 Å². The Morgan fingerprint density at radius 3 is 3.12 bits per heavy atom. The number of benzene rings is 1. The van der Waals surface area contributed by atoms with Crippen molar-refractivity contribution in [1.29, 1.82) is 0 Å². The first-order valence-corrected chi connectivity index (χ1v) is 5.14. The number of halogens is 1. The van der Waals surface area contributed by atoms with Crippen LogP contribution < -0.4 is 11.1 Å². The van der Waals surface area contributed by atoms with E-state index >= 15 is 0 Å². The zero-order valence-corrected chi connectivity index (χ0v) is 8.70. The lowest BCUT2D eigenvalue weighted by Gasteiger charge is -2.13. The first kappa shape index (κ1) is 10.7. The van der Waals surface area contributed by atoms with E-state index in [1.165, 1.54) is 6.07 Å². The highest BCUT2D eigenvalue weighted by Gasteiger charge is 2.19. The molecule has 1 aromatic carbocycles. The molecule has 1 aliphatic heterocycles. The number of carbonyl (C=O) groups excluding carboxylic acids is 1. The van der Waals surface area contributed by atoms with Crippen molar-refractivity contribution in [3.8, 4) is 0 Å². The zero-order chi connectivity index (χ0) is 11.5. The maximum Gasteiger partial charge on any atom is 0.404 e. The maximum atomic E-state index is 13.5. The van der Waals surface area contributed by atoms with Gasteiger partial charge < -0.3 is 15.8 Å². The summed E-state index contributed by atoms with van der Waals surface area (Å²) in [5.41, 5.74) is 6.34. The molecule has 1 aromatic rings. The number of anilines is 1. The molecule has 3 N–H and O–H groups in total. The molecule has 5 heteroatoms. The molecule has 2 rings (SSSR count). The highest BCUT2D eigenvalue weighted by atomic mass is 19.1. The zero-order valence-electron chi connectivity index (χ0n) is 8.70. The molecule has 0 saturated carbocycles. The van der Waals surface area contributed by atoms with Crippen LogP contribution >= 0.6 is 0 Å². The summed E-state index contributed by atoms with van der Waals surface area (Å²) in [7, 11) is 0. The fourth-order valence-corrected chi connectivity index (χ4v) is 1.87. The van der Waals surface area contributed by atoms with Gasteiger partial charge in [0, 0.05) is 11.3 Å².